The van der Waals surface area contributed by atoms with Gasteiger partial charge in [0, 0.05) is 12.0 Å². The molecule has 0 aromatic heterocycles. The molecule has 1 atom stereocenters. The third-order valence-electron chi connectivity index (χ3n) is 4.07. The summed E-state index contributed by atoms with van der Waals surface area (Å²) in [7, 11) is 0. The summed E-state index contributed by atoms with van der Waals surface area (Å²) in [4.78, 5) is 13.8. The van der Waals surface area contributed by atoms with Gasteiger partial charge in [-0.1, -0.05) is 6.42 Å². The molecule has 0 radical (unpaired) electrons. The van der Waals surface area contributed by atoms with Crippen LogP contribution in [-0.4, -0.2) is 54.1 Å². The minimum Gasteiger partial charge on any atom is -0.444 e. The molecule has 1 N–H and O–H groups in total. The standard InChI is InChI=1S/C14H25NO4/c1-13(2,3)19-12(17)15-7-8-18-11(9-15)14(10-16)5-4-6-14/h11,16H,4-10H2,1-3H3. The van der Waals surface area contributed by atoms with Crippen molar-refractivity contribution >= 4 is 6.09 Å². The molecule has 2 aliphatic rings. The van der Waals surface area contributed by atoms with E-state index >= 15 is 0 Å². The van der Waals surface area contributed by atoms with E-state index in [2.05, 4.69) is 0 Å². The molecule has 110 valence electrons. The Morgan fingerprint density at radius 3 is 2.63 bits per heavy atom. The molecular formula is C14H25NO4. The predicted octanol–water partition coefficient (Wildman–Crippen LogP) is 1.78. The number of morpholine rings is 1. The average Bonchev–Trinajstić information content (AvgIpc) is 2.26. The van der Waals surface area contributed by atoms with Gasteiger partial charge >= 0.3 is 6.09 Å². The highest BCUT2D eigenvalue weighted by atomic mass is 16.6. The van der Waals surface area contributed by atoms with Crippen LogP contribution in [0.1, 0.15) is 40.0 Å². The molecule has 0 spiro atoms. The first kappa shape index (κ1) is 14.6. The summed E-state index contributed by atoms with van der Waals surface area (Å²) in [5.41, 5.74) is -0.614. The monoisotopic (exact) mass is 271 g/mol. The van der Waals surface area contributed by atoms with Crippen molar-refractivity contribution in [1.29, 1.82) is 0 Å². The van der Waals surface area contributed by atoms with Gasteiger partial charge in [0.25, 0.3) is 0 Å². The van der Waals surface area contributed by atoms with Gasteiger partial charge in [0.1, 0.15) is 5.60 Å². The van der Waals surface area contributed by atoms with Crippen molar-refractivity contribution < 1.29 is 19.4 Å². The van der Waals surface area contributed by atoms with Crippen LogP contribution in [0.2, 0.25) is 0 Å². The molecule has 1 unspecified atom stereocenters. The fourth-order valence-electron chi connectivity index (χ4n) is 2.72. The Labute approximate surface area is 114 Å². The lowest BCUT2D eigenvalue weighted by molar-refractivity contribution is -0.140. The lowest BCUT2D eigenvalue weighted by Gasteiger charge is -2.49. The van der Waals surface area contributed by atoms with E-state index in [1.54, 1.807) is 4.90 Å². The van der Waals surface area contributed by atoms with Crippen molar-refractivity contribution in [3.63, 3.8) is 0 Å². The van der Waals surface area contributed by atoms with E-state index in [1.165, 1.54) is 0 Å². The molecule has 19 heavy (non-hydrogen) atoms. The molecule has 0 bridgehead atoms. The fraction of sp³-hybridized carbons (Fsp3) is 0.929. The number of amides is 1. The van der Waals surface area contributed by atoms with Crippen molar-refractivity contribution in [2.45, 2.75) is 51.7 Å². The highest BCUT2D eigenvalue weighted by Gasteiger charge is 2.47. The number of ether oxygens (including phenoxy) is 2. The topological polar surface area (TPSA) is 59.0 Å². The third kappa shape index (κ3) is 3.20. The molecule has 1 amide bonds. The summed E-state index contributed by atoms with van der Waals surface area (Å²) in [5.74, 6) is 0. The summed E-state index contributed by atoms with van der Waals surface area (Å²) in [6, 6.07) is 0. The van der Waals surface area contributed by atoms with Crippen LogP contribution in [0.15, 0.2) is 0 Å². The Morgan fingerprint density at radius 1 is 1.47 bits per heavy atom. The van der Waals surface area contributed by atoms with Crippen molar-refractivity contribution in [2.75, 3.05) is 26.3 Å². The van der Waals surface area contributed by atoms with Crippen molar-refractivity contribution in [3.05, 3.63) is 0 Å². The largest absolute Gasteiger partial charge is 0.444 e. The highest BCUT2D eigenvalue weighted by molar-refractivity contribution is 5.68. The van der Waals surface area contributed by atoms with E-state index in [4.69, 9.17) is 9.47 Å². The Hall–Kier alpha value is -0.810. The van der Waals surface area contributed by atoms with Gasteiger partial charge in [0.05, 0.1) is 25.9 Å². The van der Waals surface area contributed by atoms with E-state index in [-0.39, 0.29) is 24.2 Å². The second-order valence-corrected chi connectivity index (χ2v) is 6.66. The maximum atomic E-state index is 12.1. The zero-order valence-corrected chi connectivity index (χ0v) is 12.1. The summed E-state index contributed by atoms with van der Waals surface area (Å²) in [6.07, 6.45) is 2.75. The maximum Gasteiger partial charge on any atom is 0.410 e. The van der Waals surface area contributed by atoms with Crippen LogP contribution >= 0.6 is 0 Å². The second kappa shape index (κ2) is 5.29. The van der Waals surface area contributed by atoms with E-state index in [0.29, 0.717) is 19.7 Å². The Bertz CT molecular complexity index is 327. The lowest BCUT2D eigenvalue weighted by atomic mass is 9.65. The van der Waals surface area contributed by atoms with Crippen LogP contribution in [0.5, 0.6) is 0 Å². The minimum atomic E-state index is -0.476. The number of hydrogen-bond donors (Lipinski definition) is 1. The molecule has 1 saturated carbocycles. The van der Waals surface area contributed by atoms with Gasteiger partial charge in [-0.3, -0.25) is 0 Å². The van der Waals surface area contributed by atoms with Crippen LogP contribution in [0.4, 0.5) is 4.79 Å². The smallest absolute Gasteiger partial charge is 0.410 e. The van der Waals surface area contributed by atoms with Gasteiger partial charge in [-0.05, 0) is 33.6 Å². The summed E-state index contributed by atoms with van der Waals surface area (Å²) >= 11 is 0. The first-order valence-electron chi connectivity index (χ1n) is 7.07. The zero-order chi connectivity index (χ0) is 14.1. The second-order valence-electron chi connectivity index (χ2n) is 6.66. The molecule has 5 nitrogen and oxygen atoms in total. The molecule has 2 rings (SSSR count). The molecule has 5 heteroatoms. The van der Waals surface area contributed by atoms with Gasteiger partial charge in [0.15, 0.2) is 0 Å². The summed E-state index contributed by atoms with van der Waals surface area (Å²) in [5, 5.41) is 9.59. The van der Waals surface area contributed by atoms with Crippen LogP contribution in [0.25, 0.3) is 0 Å². The number of aliphatic hydroxyl groups is 1. The number of aliphatic hydroxyl groups excluding tert-OH is 1. The number of carbonyl (C=O) groups is 1. The Morgan fingerprint density at radius 2 is 2.16 bits per heavy atom. The minimum absolute atomic E-state index is 0.0625. The van der Waals surface area contributed by atoms with Gasteiger partial charge in [-0.2, -0.15) is 0 Å². The summed E-state index contributed by atoms with van der Waals surface area (Å²) < 4.78 is 11.2. The maximum absolute atomic E-state index is 12.1. The van der Waals surface area contributed by atoms with Crippen LogP contribution in [0, 0.1) is 5.41 Å². The SMILES string of the molecule is CC(C)(C)OC(=O)N1CCOC(C2(CO)CCC2)C1. The first-order chi connectivity index (χ1) is 8.86. The number of nitrogens with zero attached hydrogens (tertiary/aromatic N) is 1. The highest BCUT2D eigenvalue weighted by Crippen LogP contribution is 2.45. The number of hydrogen-bond acceptors (Lipinski definition) is 4. The Kier molecular flexibility index (Phi) is 4.06. The lowest BCUT2D eigenvalue weighted by Crippen LogP contribution is -2.56. The molecule has 1 aliphatic heterocycles. The van der Waals surface area contributed by atoms with Gasteiger partial charge in [-0.25, -0.2) is 4.79 Å². The van der Waals surface area contributed by atoms with Crippen molar-refractivity contribution in [3.8, 4) is 0 Å². The van der Waals surface area contributed by atoms with E-state index in [0.717, 1.165) is 19.3 Å². The van der Waals surface area contributed by atoms with E-state index < -0.39 is 5.60 Å². The van der Waals surface area contributed by atoms with Crippen molar-refractivity contribution in [1.82, 2.24) is 4.90 Å². The van der Waals surface area contributed by atoms with Crippen LogP contribution < -0.4 is 0 Å². The van der Waals surface area contributed by atoms with Crippen LogP contribution in [-0.2, 0) is 9.47 Å². The van der Waals surface area contributed by atoms with E-state index in [1.807, 2.05) is 20.8 Å². The molecule has 1 aliphatic carbocycles. The van der Waals surface area contributed by atoms with E-state index in [9.17, 15) is 9.90 Å². The molecule has 1 saturated heterocycles. The van der Waals surface area contributed by atoms with Gasteiger partial charge < -0.3 is 19.5 Å². The number of carbonyl (C=O) groups excluding carboxylic acids is 1. The van der Waals surface area contributed by atoms with Crippen LogP contribution in [0.3, 0.4) is 0 Å². The summed E-state index contributed by atoms with van der Waals surface area (Å²) in [6.45, 7) is 7.34. The van der Waals surface area contributed by atoms with Gasteiger partial charge in [-0.15, -0.1) is 0 Å². The molecule has 1 heterocycles. The zero-order valence-electron chi connectivity index (χ0n) is 12.1. The molecule has 0 aromatic rings. The quantitative estimate of drug-likeness (QED) is 0.832. The average molecular weight is 271 g/mol. The Balaban J connectivity index is 1.95. The normalized spacial score (nSPS) is 26.7. The van der Waals surface area contributed by atoms with Crippen molar-refractivity contribution in [2.24, 2.45) is 5.41 Å². The fourth-order valence-corrected chi connectivity index (χ4v) is 2.72. The molecular weight excluding hydrogens is 246 g/mol. The third-order valence-corrected chi connectivity index (χ3v) is 4.07. The predicted molar refractivity (Wildman–Crippen MR) is 70.9 cm³/mol. The molecule has 2 fully saturated rings. The molecule has 0 aromatic carbocycles. The first-order valence-corrected chi connectivity index (χ1v) is 7.07. The van der Waals surface area contributed by atoms with Gasteiger partial charge in [0.2, 0.25) is 0 Å². The number of rotatable bonds is 2.